The van der Waals surface area contributed by atoms with Crippen LogP contribution in [0.15, 0.2) is 103 Å². The SMILES string of the molecule is O=C(CCCOC(C#[N+]O)(c1ccccc1)c1ccccc1)OCc1ccc2c(c1)OCCOCCOCCOc1ccccc1OCCOCCOCCO2. The van der Waals surface area contributed by atoms with Gasteiger partial charge in [-0.3, -0.25) is 4.79 Å². The second-order valence-electron chi connectivity index (χ2n) is 12.3. The molecule has 4 aromatic carbocycles. The summed E-state index contributed by atoms with van der Waals surface area (Å²) in [6, 6.07) is 34.4. The van der Waals surface area contributed by atoms with Crippen LogP contribution in [-0.4, -0.2) is 97.1 Å². The van der Waals surface area contributed by atoms with Crippen LogP contribution in [0.1, 0.15) is 29.5 Å². The maximum atomic E-state index is 12.8. The van der Waals surface area contributed by atoms with Gasteiger partial charge in [0.1, 0.15) is 33.0 Å². The average Bonchev–Trinajstić information content (AvgIpc) is 3.23. The number of esters is 1. The van der Waals surface area contributed by atoms with E-state index in [9.17, 15) is 10.0 Å². The van der Waals surface area contributed by atoms with E-state index in [2.05, 4.69) is 11.1 Å². The van der Waals surface area contributed by atoms with E-state index in [-0.39, 0.29) is 38.8 Å². The van der Waals surface area contributed by atoms with Gasteiger partial charge in [0, 0.05) is 17.5 Å². The highest BCUT2D eigenvalue weighted by atomic mass is 16.6. The zero-order chi connectivity index (χ0) is 38.9. The molecule has 0 saturated heterocycles. The van der Waals surface area contributed by atoms with Crippen molar-refractivity contribution in [2.45, 2.75) is 25.0 Å². The first-order valence-corrected chi connectivity index (χ1v) is 18.7. The van der Waals surface area contributed by atoms with E-state index in [1.54, 1.807) is 12.1 Å². The smallest absolute Gasteiger partial charge is 0.395 e. The van der Waals surface area contributed by atoms with Crippen LogP contribution < -0.4 is 18.9 Å². The zero-order valence-electron chi connectivity index (χ0n) is 31.5. The number of ether oxygens (including phenoxy) is 10. The average molecular weight is 773 g/mol. The Morgan fingerprint density at radius 1 is 0.589 bits per heavy atom. The van der Waals surface area contributed by atoms with Gasteiger partial charge in [0.25, 0.3) is 5.60 Å². The zero-order valence-corrected chi connectivity index (χ0v) is 31.5. The summed E-state index contributed by atoms with van der Waals surface area (Å²) < 4.78 is 58.3. The monoisotopic (exact) mass is 772 g/mol. The minimum Gasteiger partial charge on any atom is -0.487 e. The molecule has 1 N–H and O–H groups in total. The molecule has 0 spiro atoms. The van der Waals surface area contributed by atoms with Gasteiger partial charge in [-0.15, -0.1) is 0 Å². The number of fused-ring (bicyclic) bond motifs is 2. The number of hydrogen-bond acceptors (Lipinski definition) is 12. The topological polar surface area (TPSA) is 134 Å². The summed E-state index contributed by atoms with van der Waals surface area (Å²) in [6.45, 7) is 4.56. The molecule has 0 aliphatic carbocycles. The van der Waals surface area contributed by atoms with Gasteiger partial charge < -0.3 is 47.4 Å². The van der Waals surface area contributed by atoms with E-state index in [0.29, 0.717) is 95.5 Å². The van der Waals surface area contributed by atoms with E-state index in [4.69, 9.17) is 47.4 Å². The molecule has 4 aromatic rings. The largest absolute Gasteiger partial charge is 0.487 e. The van der Waals surface area contributed by atoms with Crippen LogP contribution in [0.5, 0.6) is 23.0 Å². The number of hydrogen-bond donors (Lipinski definition) is 1. The van der Waals surface area contributed by atoms with Crippen molar-refractivity contribution in [1.29, 1.82) is 0 Å². The van der Waals surface area contributed by atoms with Crippen molar-refractivity contribution in [2.75, 3.05) is 85.9 Å². The number of rotatable bonds is 9. The van der Waals surface area contributed by atoms with Gasteiger partial charge in [0.05, 0.1) is 59.5 Å². The van der Waals surface area contributed by atoms with Crippen molar-refractivity contribution in [2.24, 2.45) is 0 Å². The first-order valence-electron chi connectivity index (χ1n) is 18.7. The second-order valence-corrected chi connectivity index (χ2v) is 12.3. The lowest BCUT2D eigenvalue weighted by molar-refractivity contribution is -0.145. The predicted octanol–water partition coefficient (Wildman–Crippen LogP) is 6.49. The Hall–Kier alpha value is -5.36. The molecule has 13 heteroatoms. The van der Waals surface area contributed by atoms with Crippen LogP contribution in [0, 0.1) is 6.07 Å². The van der Waals surface area contributed by atoms with Crippen molar-refractivity contribution in [1.82, 2.24) is 0 Å². The standard InChI is InChI=1S/C43H49NO12/c45-42(16-9-19-56-43(34-44-46,36-10-3-1-4-11-36)37-12-5-2-6-13-37)55-33-35-17-18-40-41(32-35)54-31-27-50-23-22-48-25-29-52-39-15-8-7-14-38(39)51-28-24-47-20-21-49-26-30-53-40/h1-8,10-15,17-18,32H,9,16,19-31,33H2/p+1. The van der Waals surface area contributed by atoms with Crippen molar-refractivity contribution in [3.63, 3.8) is 0 Å². The van der Waals surface area contributed by atoms with E-state index >= 15 is 0 Å². The molecule has 1 heterocycles. The van der Waals surface area contributed by atoms with E-state index in [1.807, 2.05) is 91.0 Å². The molecule has 1 aliphatic heterocycles. The van der Waals surface area contributed by atoms with E-state index in [1.165, 1.54) is 0 Å². The molecule has 56 heavy (non-hydrogen) atoms. The van der Waals surface area contributed by atoms with Gasteiger partial charge in [-0.25, -0.2) is 0 Å². The van der Waals surface area contributed by atoms with Gasteiger partial charge in [0.2, 0.25) is 5.01 Å². The molecule has 0 unspecified atom stereocenters. The lowest BCUT2D eigenvalue weighted by Gasteiger charge is -2.25. The molecular formula is C43H50NO12+. The summed E-state index contributed by atoms with van der Waals surface area (Å²) in [5.41, 5.74) is 0.939. The van der Waals surface area contributed by atoms with Crippen LogP contribution in [0.25, 0.3) is 5.01 Å². The van der Waals surface area contributed by atoms with Crippen LogP contribution in [-0.2, 0) is 45.4 Å². The number of para-hydroxylation sites is 2. The Morgan fingerprint density at radius 2 is 1.04 bits per heavy atom. The molecule has 1 aliphatic rings. The fourth-order valence-corrected chi connectivity index (χ4v) is 5.64. The van der Waals surface area contributed by atoms with Gasteiger partial charge in [0.15, 0.2) is 23.0 Å². The lowest BCUT2D eigenvalue weighted by Crippen LogP contribution is -2.30. The van der Waals surface area contributed by atoms with E-state index < -0.39 is 5.60 Å². The molecule has 13 nitrogen and oxygen atoms in total. The van der Waals surface area contributed by atoms with Gasteiger partial charge in [-0.2, -0.15) is 5.21 Å². The maximum absolute atomic E-state index is 12.8. The fourth-order valence-electron chi connectivity index (χ4n) is 5.64. The van der Waals surface area contributed by atoms with Crippen molar-refractivity contribution < 1.29 is 57.4 Å². The number of carbonyl (C=O) groups excluding carboxylic acids is 1. The van der Waals surface area contributed by atoms with Gasteiger partial charge in [-0.1, -0.05) is 78.9 Å². The Labute approximate surface area is 327 Å². The predicted molar refractivity (Wildman–Crippen MR) is 206 cm³/mol. The Balaban J connectivity index is 1.09. The normalized spacial score (nSPS) is 15.3. The highest BCUT2D eigenvalue weighted by Crippen LogP contribution is 2.34. The van der Waals surface area contributed by atoms with Crippen LogP contribution >= 0.6 is 0 Å². The van der Waals surface area contributed by atoms with Gasteiger partial charge in [-0.05, 0) is 36.2 Å². The quantitative estimate of drug-likeness (QED) is 0.113. The Kier molecular flexibility index (Phi) is 18.1. The molecule has 0 fully saturated rings. The second kappa shape index (κ2) is 24.2. The van der Waals surface area contributed by atoms with Crippen molar-refractivity contribution >= 4 is 5.97 Å². The van der Waals surface area contributed by atoms with Crippen LogP contribution in [0.2, 0.25) is 0 Å². The molecule has 5 rings (SSSR count). The molecule has 0 radical (unpaired) electrons. The number of carbonyl (C=O) groups is 1. The third-order valence-corrected chi connectivity index (χ3v) is 8.35. The lowest BCUT2D eigenvalue weighted by atomic mass is 9.87. The highest BCUT2D eigenvalue weighted by molar-refractivity contribution is 5.69. The summed E-state index contributed by atoms with van der Waals surface area (Å²) >= 11 is 0. The van der Waals surface area contributed by atoms with Crippen LogP contribution in [0.3, 0.4) is 0 Å². The summed E-state index contributed by atoms with van der Waals surface area (Å²) in [7, 11) is 0. The molecular weight excluding hydrogens is 722 g/mol. The minimum atomic E-state index is -1.26. The summed E-state index contributed by atoms with van der Waals surface area (Å²) in [5.74, 6) is 1.91. The molecule has 298 valence electrons. The van der Waals surface area contributed by atoms with Crippen molar-refractivity contribution in [3.05, 3.63) is 125 Å². The van der Waals surface area contributed by atoms with Crippen molar-refractivity contribution in [3.8, 4) is 29.1 Å². The minimum absolute atomic E-state index is 0.0382. The highest BCUT2D eigenvalue weighted by Gasteiger charge is 2.41. The third kappa shape index (κ3) is 13.7. The first kappa shape index (κ1) is 41.8. The summed E-state index contributed by atoms with van der Waals surface area (Å²) in [4.78, 5) is 12.8. The Bertz CT molecular complexity index is 1740. The number of nitrogens with zero attached hydrogens (tertiary/aromatic N) is 1. The van der Waals surface area contributed by atoms with Gasteiger partial charge >= 0.3 is 12.0 Å². The molecule has 0 aromatic heterocycles. The first-order chi connectivity index (χ1) is 27.7. The Morgan fingerprint density at radius 3 is 1.54 bits per heavy atom. The molecule has 0 bridgehead atoms. The summed E-state index contributed by atoms with van der Waals surface area (Å²) in [5, 5.41) is 12.8. The third-order valence-electron chi connectivity index (χ3n) is 8.35. The fraction of sp³-hybridized carbons (Fsp3) is 0.395. The molecule has 0 amide bonds. The maximum Gasteiger partial charge on any atom is 0.395 e. The molecule has 0 saturated carbocycles. The molecule has 0 atom stereocenters. The van der Waals surface area contributed by atoms with E-state index in [0.717, 1.165) is 16.7 Å². The van der Waals surface area contributed by atoms with Crippen LogP contribution in [0.4, 0.5) is 0 Å². The summed E-state index contributed by atoms with van der Waals surface area (Å²) in [6.07, 6.45) is 0.478. The number of benzene rings is 4.